The van der Waals surface area contributed by atoms with Crippen molar-refractivity contribution in [3.8, 4) is 0 Å². The fraction of sp³-hybridized carbons (Fsp3) is 0.0952. The third-order valence-corrected chi connectivity index (χ3v) is 7.53. The molecule has 1 heterocycles. The molecule has 0 aliphatic heterocycles. The van der Waals surface area contributed by atoms with Gasteiger partial charge in [-0.05, 0) is 42.0 Å². The smallest absolute Gasteiger partial charge is 0.268 e. The molecule has 0 fully saturated rings. The Bertz CT molecular complexity index is 1500. The molecule has 0 amide bonds. The normalized spacial score (nSPS) is 11.8. The highest BCUT2D eigenvalue weighted by Gasteiger charge is 2.26. The van der Waals surface area contributed by atoms with Gasteiger partial charge in [-0.1, -0.05) is 35.9 Å². The van der Waals surface area contributed by atoms with Crippen molar-refractivity contribution in [1.82, 2.24) is 8.88 Å². The molecule has 0 spiro atoms. The predicted molar refractivity (Wildman–Crippen MR) is 120 cm³/mol. The fourth-order valence-electron chi connectivity index (χ4n) is 3.35. The van der Waals surface area contributed by atoms with Crippen LogP contribution in [0.15, 0.2) is 70.4 Å². The van der Waals surface area contributed by atoms with Crippen molar-refractivity contribution in [2.75, 3.05) is 11.4 Å². The number of sulfonamides is 1. The van der Waals surface area contributed by atoms with E-state index in [1.807, 2.05) is 0 Å². The van der Waals surface area contributed by atoms with Crippen LogP contribution in [0, 0.1) is 11.6 Å². The molecule has 166 valence electrons. The Hall–Kier alpha value is -2.88. The monoisotopic (exact) mass is 497 g/mol. The number of aromatic nitrogens is 2. The Kier molecular flexibility index (Phi) is 5.74. The number of rotatable bonds is 5. The van der Waals surface area contributed by atoms with Crippen LogP contribution in [-0.2, 0) is 16.6 Å². The summed E-state index contributed by atoms with van der Waals surface area (Å²) in [6.07, 6.45) is 0. The number of hydrogen-bond donors (Lipinski definition) is 0. The van der Waals surface area contributed by atoms with Gasteiger partial charge in [0.05, 0.1) is 33.1 Å². The molecule has 0 N–H and O–H groups in total. The van der Waals surface area contributed by atoms with E-state index in [4.69, 9.17) is 23.4 Å². The van der Waals surface area contributed by atoms with Gasteiger partial charge in [-0.25, -0.2) is 17.2 Å². The van der Waals surface area contributed by atoms with Crippen LogP contribution in [0.5, 0.6) is 0 Å². The minimum absolute atomic E-state index is 0.00291. The molecule has 11 heteroatoms. The van der Waals surface area contributed by atoms with Crippen LogP contribution in [0.4, 0.5) is 14.5 Å². The van der Waals surface area contributed by atoms with Gasteiger partial charge in [0, 0.05) is 18.8 Å². The number of anilines is 1. The minimum Gasteiger partial charge on any atom is -0.268 e. The van der Waals surface area contributed by atoms with Gasteiger partial charge in [0.1, 0.15) is 0 Å². The summed E-state index contributed by atoms with van der Waals surface area (Å²) in [5, 5.41) is -0.107. The van der Waals surface area contributed by atoms with E-state index < -0.39 is 27.2 Å². The lowest BCUT2D eigenvalue weighted by molar-refractivity contribution is 0.505. The number of benzene rings is 3. The summed E-state index contributed by atoms with van der Waals surface area (Å²) in [7, 11) is -2.61. The summed E-state index contributed by atoms with van der Waals surface area (Å²) in [6.45, 7) is -0.0483. The summed E-state index contributed by atoms with van der Waals surface area (Å²) in [5.74, 6) is -2.03. The number of nitrogens with zero attached hydrogens (tertiary/aromatic N) is 3. The first-order valence-electron chi connectivity index (χ1n) is 9.21. The van der Waals surface area contributed by atoms with E-state index >= 15 is 0 Å². The van der Waals surface area contributed by atoms with Crippen LogP contribution in [-0.4, -0.2) is 24.3 Å². The lowest BCUT2D eigenvalue weighted by Crippen LogP contribution is -2.27. The fourth-order valence-corrected chi connectivity index (χ4v) is 5.22. The molecule has 0 aliphatic rings. The van der Waals surface area contributed by atoms with Crippen molar-refractivity contribution in [3.63, 3.8) is 0 Å². The van der Waals surface area contributed by atoms with Crippen LogP contribution >= 0.6 is 23.4 Å². The van der Waals surface area contributed by atoms with E-state index in [9.17, 15) is 22.0 Å². The van der Waals surface area contributed by atoms with Gasteiger partial charge >= 0.3 is 0 Å². The highest BCUT2D eigenvalue weighted by Crippen LogP contribution is 2.34. The molecule has 1 aromatic heterocycles. The second-order valence-electron chi connectivity index (χ2n) is 6.95. The SMILES string of the molecule is CN(c1ccc2c(c1Cl)c(=O)n(Cl)n2Cc1ccc(F)c(F)c1)S(=O)(=O)c1ccccc1. The molecule has 0 saturated carbocycles. The molecule has 0 saturated heterocycles. The van der Waals surface area contributed by atoms with E-state index in [1.54, 1.807) is 18.2 Å². The summed E-state index contributed by atoms with van der Waals surface area (Å²) in [6, 6.07) is 14.0. The third kappa shape index (κ3) is 3.66. The topological polar surface area (TPSA) is 64.3 Å². The Morgan fingerprint density at radius 2 is 1.69 bits per heavy atom. The second-order valence-corrected chi connectivity index (χ2v) is 9.62. The highest BCUT2D eigenvalue weighted by atomic mass is 35.5. The van der Waals surface area contributed by atoms with Crippen LogP contribution in [0.25, 0.3) is 10.9 Å². The third-order valence-electron chi connectivity index (χ3n) is 5.03. The van der Waals surface area contributed by atoms with E-state index in [2.05, 4.69) is 0 Å². The Balaban J connectivity index is 1.82. The van der Waals surface area contributed by atoms with E-state index in [0.717, 1.165) is 20.6 Å². The van der Waals surface area contributed by atoms with Crippen LogP contribution in [0.1, 0.15) is 5.56 Å². The molecule has 4 aromatic rings. The van der Waals surface area contributed by atoms with Crippen LogP contribution in [0.3, 0.4) is 0 Å². The number of hydrogen-bond acceptors (Lipinski definition) is 3. The van der Waals surface area contributed by atoms with Crippen molar-refractivity contribution in [2.45, 2.75) is 11.4 Å². The zero-order valence-corrected chi connectivity index (χ0v) is 18.8. The Labute approximate surface area is 192 Å². The van der Waals surface area contributed by atoms with E-state index in [1.165, 1.54) is 42.1 Å². The first kappa shape index (κ1) is 22.3. The van der Waals surface area contributed by atoms with E-state index in [-0.39, 0.29) is 27.5 Å². The predicted octanol–water partition coefficient (Wildman–Crippen LogP) is 4.61. The molecule has 0 unspecified atom stereocenters. The van der Waals surface area contributed by atoms with Crippen molar-refractivity contribution >= 4 is 50.0 Å². The average molecular weight is 498 g/mol. The molecule has 0 radical (unpaired) electrons. The van der Waals surface area contributed by atoms with Crippen molar-refractivity contribution in [2.24, 2.45) is 0 Å². The molecule has 6 nitrogen and oxygen atoms in total. The lowest BCUT2D eigenvalue weighted by atomic mass is 10.2. The summed E-state index contributed by atoms with van der Waals surface area (Å²) >= 11 is 12.6. The zero-order valence-electron chi connectivity index (χ0n) is 16.5. The molecule has 0 aliphatic carbocycles. The Morgan fingerprint density at radius 1 is 1.00 bits per heavy atom. The Morgan fingerprint density at radius 3 is 2.34 bits per heavy atom. The standard InChI is InChI=1S/C21H15Cl2F2N3O3S/c1-26(32(30,31)14-5-3-2-4-6-14)18-10-9-17-19(20(18)22)21(29)28(23)27(17)12-13-7-8-15(24)16(25)11-13/h2-11H,12H2,1H3. The minimum atomic E-state index is -3.93. The van der Waals surface area contributed by atoms with Crippen LogP contribution < -0.4 is 9.86 Å². The molecule has 3 aromatic carbocycles. The summed E-state index contributed by atoms with van der Waals surface area (Å²) in [4.78, 5) is 12.9. The maximum Gasteiger partial charge on any atom is 0.291 e. The van der Waals surface area contributed by atoms with Gasteiger partial charge in [-0.3, -0.25) is 13.8 Å². The van der Waals surface area contributed by atoms with Gasteiger partial charge in [-0.2, -0.15) is 4.20 Å². The number of halogens is 4. The zero-order chi connectivity index (χ0) is 23.2. The summed E-state index contributed by atoms with van der Waals surface area (Å²) in [5.41, 5.74) is 0.0668. The maximum absolute atomic E-state index is 13.6. The lowest BCUT2D eigenvalue weighted by Gasteiger charge is -2.21. The molecule has 0 atom stereocenters. The van der Waals surface area contributed by atoms with Crippen LogP contribution in [0.2, 0.25) is 5.02 Å². The summed E-state index contributed by atoms with van der Waals surface area (Å²) < 4.78 is 55.8. The molecular weight excluding hydrogens is 483 g/mol. The maximum atomic E-state index is 13.6. The average Bonchev–Trinajstić information content (AvgIpc) is 3.02. The largest absolute Gasteiger partial charge is 0.291 e. The van der Waals surface area contributed by atoms with Gasteiger partial charge in [-0.15, -0.1) is 0 Å². The van der Waals surface area contributed by atoms with E-state index in [0.29, 0.717) is 11.1 Å². The van der Waals surface area contributed by atoms with Gasteiger partial charge in [0.15, 0.2) is 11.6 Å². The molecule has 32 heavy (non-hydrogen) atoms. The first-order valence-corrected chi connectivity index (χ1v) is 11.4. The van der Waals surface area contributed by atoms with Gasteiger partial charge in [0.2, 0.25) is 0 Å². The number of fused-ring (bicyclic) bond motifs is 1. The second kappa shape index (κ2) is 8.23. The quantitative estimate of drug-likeness (QED) is 0.404. The molecule has 0 bridgehead atoms. The van der Waals surface area contributed by atoms with Gasteiger partial charge in [0.25, 0.3) is 15.6 Å². The van der Waals surface area contributed by atoms with Crippen molar-refractivity contribution in [1.29, 1.82) is 0 Å². The van der Waals surface area contributed by atoms with Crippen molar-refractivity contribution < 1.29 is 17.2 Å². The van der Waals surface area contributed by atoms with Gasteiger partial charge < -0.3 is 0 Å². The first-order chi connectivity index (χ1) is 15.1. The molecule has 4 rings (SSSR count). The highest BCUT2D eigenvalue weighted by molar-refractivity contribution is 7.92. The van der Waals surface area contributed by atoms with Crippen molar-refractivity contribution in [3.05, 3.63) is 93.2 Å². The molecular formula is C21H15Cl2F2N3O3S.